The fraction of sp³-hybridized carbons (Fsp3) is 0.933. The number of carbonyl (C=O) groups excluding carboxylic acids is 1. The lowest BCUT2D eigenvalue weighted by Gasteiger charge is -2.30. The van der Waals surface area contributed by atoms with Crippen LogP contribution >= 0.6 is 0 Å². The molecule has 0 aromatic rings. The molecule has 1 atom stereocenters. The standard InChI is InChI=1S/C15H31NO5/c1-6-21-14(17)15(4,16-13(2)3)12-20-9-7-8-19-11-10-18-5/h13,16H,6-12H2,1-5H3. The van der Waals surface area contributed by atoms with Gasteiger partial charge in [0.15, 0.2) is 0 Å². The van der Waals surface area contributed by atoms with Crippen molar-refractivity contribution in [2.45, 2.75) is 45.7 Å². The second kappa shape index (κ2) is 11.9. The molecule has 21 heavy (non-hydrogen) atoms. The SMILES string of the molecule is CCOC(=O)C(C)(COCCCOCCOC)NC(C)C. The first-order valence-electron chi connectivity index (χ1n) is 7.55. The average molecular weight is 305 g/mol. The Morgan fingerprint density at radius 2 is 1.81 bits per heavy atom. The Morgan fingerprint density at radius 3 is 2.38 bits per heavy atom. The van der Waals surface area contributed by atoms with Crippen molar-refractivity contribution in [1.82, 2.24) is 5.32 Å². The van der Waals surface area contributed by atoms with Gasteiger partial charge in [-0.2, -0.15) is 0 Å². The number of carbonyl (C=O) groups is 1. The molecule has 0 saturated heterocycles. The quantitative estimate of drug-likeness (QED) is 0.409. The van der Waals surface area contributed by atoms with Crippen molar-refractivity contribution in [3.63, 3.8) is 0 Å². The maximum Gasteiger partial charge on any atom is 0.328 e. The highest BCUT2D eigenvalue weighted by Gasteiger charge is 2.35. The highest BCUT2D eigenvalue weighted by atomic mass is 16.5. The van der Waals surface area contributed by atoms with Crippen LogP contribution in [0.2, 0.25) is 0 Å². The fourth-order valence-electron chi connectivity index (χ4n) is 1.87. The maximum atomic E-state index is 12.0. The number of rotatable bonds is 13. The predicted octanol–water partition coefficient (Wildman–Crippen LogP) is 1.38. The minimum atomic E-state index is -0.818. The number of methoxy groups -OCH3 is 1. The Morgan fingerprint density at radius 1 is 1.14 bits per heavy atom. The third-order valence-corrected chi connectivity index (χ3v) is 2.73. The molecule has 0 aliphatic rings. The van der Waals surface area contributed by atoms with E-state index in [9.17, 15) is 4.79 Å². The first kappa shape index (κ1) is 20.3. The fourth-order valence-corrected chi connectivity index (χ4v) is 1.87. The Balaban J connectivity index is 3.99. The van der Waals surface area contributed by atoms with Crippen molar-refractivity contribution in [3.8, 4) is 0 Å². The third kappa shape index (κ3) is 9.79. The van der Waals surface area contributed by atoms with Crippen LogP contribution in [0, 0.1) is 0 Å². The summed E-state index contributed by atoms with van der Waals surface area (Å²) in [6.45, 7) is 10.6. The summed E-state index contributed by atoms with van der Waals surface area (Å²) in [6, 6.07) is 0.167. The molecule has 0 rings (SSSR count). The van der Waals surface area contributed by atoms with Gasteiger partial charge in [0.2, 0.25) is 0 Å². The minimum absolute atomic E-state index is 0.167. The van der Waals surface area contributed by atoms with Gasteiger partial charge in [-0.25, -0.2) is 4.79 Å². The normalized spacial score (nSPS) is 14.2. The van der Waals surface area contributed by atoms with Crippen molar-refractivity contribution in [3.05, 3.63) is 0 Å². The molecule has 1 unspecified atom stereocenters. The number of esters is 1. The Bertz CT molecular complexity index is 273. The molecule has 0 saturated carbocycles. The Hall–Kier alpha value is -0.690. The van der Waals surface area contributed by atoms with Crippen LogP contribution in [0.3, 0.4) is 0 Å². The van der Waals surface area contributed by atoms with Crippen LogP contribution in [0.1, 0.15) is 34.1 Å². The van der Waals surface area contributed by atoms with E-state index in [0.717, 1.165) is 6.42 Å². The topological polar surface area (TPSA) is 66.0 Å². The van der Waals surface area contributed by atoms with E-state index >= 15 is 0 Å². The molecule has 126 valence electrons. The first-order chi connectivity index (χ1) is 9.96. The molecule has 0 amide bonds. The first-order valence-corrected chi connectivity index (χ1v) is 7.55. The van der Waals surface area contributed by atoms with Gasteiger partial charge in [0.25, 0.3) is 0 Å². The monoisotopic (exact) mass is 305 g/mol. The highest BCUT2D eigenvalue weighted by molar-refractivity contribution is 5.80. The van der Waals surface area contributed by atoms with Crippen LogP contribution in [-0.2, 0) is 23.7 Å². The molecule has 1 N–H and O–H groups in total. The maximum absolute atomic E-state index is 12.0. The molecule has 0 aromatic carbocycles. The molecule has 0 spiro atoms. The van der Waals surface area contributed by atoms with E-state index in [2.05, 4.69) is 5.32 Å². The lowest BCUT2D eigenvalue weighted by atomic mass is 10.0. The summed E-state index contributed by atoms with van der Waals surface area (Å²) < 4.78 is 20.9. The molecule has 6 heteroatoms. The second-order valence-corrected chi connectivity index (χ2v) is 5.36. The van der Waals surface area contributed by atoms with Gasteiger partial charge in [0.05, 0.1) is 26.4 Å². The Kier molecular flexibility index (Phi) is 11.5. The van der Waals surface area contributed by atoms with E-state index in [4.69, 9.17) is 18.9 Å². The number of hydrogen-bond acceptors (Lipinski definition) is 6. The van der Waals surface area contributed by atoms with E-state index < -0.39 is 5.54 Å². The summed E-state index contributed by atoms with van der Waals surface area (Å²) in [6.07, 6.45) is 0.782. The Labute approximate surface area is 128 Å². The second-order valence-electron chi connectivity index (χ2n) is 5.36. The average Bonchev–Trinajstić information content (AvgIpc) is 2.41. The van der Waals surface area contributed by atoms with Crippen LogP contribution < -0.4 is 5.32 Å². The molecule has 0 aliphatic heterocycles. The van der Waals surface area contributed by atoms with Gasteiger partial charge in [-0.05, 0) is 34.1 Å². The van der Waals surface area contributed by atoms with Crippen LogP contribution in [0.4, 0.5) is 0 Å². The van der Waals surface area contributed by atoms with Gasteiger partial charge in [0.1, 0.15) is 5.54 Å². The molecule has 0 radical (unpaired) electrons. The zero-order valence-corrected chi connectivity index (χ0v) is 14.1. The third-order valence-electron chi connectivity index (χ3n) is 2.73. The largest absolute Gasteiger partial charge is 0.465 e. The summed E-state index contributed by atoms with van der Waals surface area (Å²) in [5.74, 6) is -0.282. The van der Waals surface area contributed by atoms with Gasteiger partial charge in [0, 0.05) is 26.4 Å². The number of hydrogen-bond donors (Lipinski definition) is 1. The van der Waals surface area contributed by atoms with Gasteiger partial charge in [-0.3, -0.25) is 5.32 Å². The number of ether oxygens (including phenoxy) is 4. The van der Waals surface area contributed by atoms with E-state index in [-0.39, 0.29) is 18.6 Å². The molecule has 6 nitrogen and oxygen atoms in total. The van der Waals surface area contributed by atoms with Crippen LogP contribution in [0.5, 0.6) is 0 Å². The van der Waals surface area contributed by atoms with E-state index in [1.54, 1.807) is 21.0 Å². The molecule has 0 bridgehead atoms. The molecular weight excluding hydrogens is 274 g/mol. The van der Waals surface area contributed by atoms with Gasteiger partial charge >= 0.3 is 5.97 Å². The van der Waals surface area contributed by atoms with Crippen molar-refractivity contribution in [2.75, 3.05) is 46.8 Å². The predicted molar refractivity (Wildman–Crippen MR) is 81.4 cm³/mol. The van der Waals surface area contributed by atoms with Gasteiger partial charge < -0.3 is 18.9 Å². The van der Waals surface area contributed by atoms with E-state index in [1.807, 2.05) is 13.8 Å². The molecule has 0 fully saturated rings. The van der Waals surface area contributed by atoms with Gasteiger partial charge in [-0.15, -0.1) is 0 Å². The van der Waals surface area contributed by atoms with Crippen molar-refractivity contribution >= 4 is 5.97 Å². The molecule has 0 aromatic heterocycles. The highest BCUT2D eigenvalue weighted by Crippen LogP contribution is 2.10. The lowest BCUT2D eigenvalue weighted by molar-refractivity contribution is -0.153. The molecule has 0 heterocycles. The zero-order chi connectivity index (χ0) is 16.1. The van der Waals surface area contributed by atoms with Crippen LogP contribution in [-0.4, -0.2) is 64.3 Å². The van der Waals surface area contributed by atoms with E-state index in [0.29, 0.717) is 33.0 Å². The smallest absolute Gasteiger partial charge is 0.328 e. The summed E-state index contributed by atoms with van der Waals surface area (Å²) in [4.78, 5) is 12.0. The lowest BCUT2D eigenvalue weighted by Crippen LogP contribution is -2.56. The summed E-state index contributed by atoms with van der Waals surface area (Å²) in [5, 5.41) is 3.21. The summed E-state index contributed by atoms with van der Waals surface area (Å²) >= 11 is 0. The van der Waals surface area contributed by atoms with Crippen molar-refractivity contribution in [1.29, 1.82) is 0 Å². The number of nitrogens with one attached hydrogen (secondary N) is 1. The van der Waals surface area contributed by atoms with Crippen molar-refractivity contribution < 1.29 is 23.7 Å². The van der Waals surface area contributed by atoms with Crippen LogP contribution in [0.25, 0.3) is 0 Å². The zero-order valence-electron chi connectivity index (χ0n) is 14.1. The van der Waals surface area contributed by atoms with E-state index in [1.165, 1.54) is 0 Å². The summed E-state index contributed by atoms with van der Waals surface area (Å²) in [5.41, 5.74) is -0.818. The minimum Gasteiger partial charge on any atom is -0.465 e. The van der Waals surface area contributed by atoms with Crippen molar-refractivity contribution in [2.24, 2.45) is 0 Å². The molecular formula is C15H31NO5. The molecule has 0 aliphatic carbocycles. The van der Waals surface area contributed by atoms with Crippen LogP contribution in [0.15, 0.2) is 0 Å². The summed E-state index contributed by atoms with van der Waals surface area (Å²) in [7, 11) is 1.64. The van der Waals surface area contributed by atoms with Gasteiger partial charge in [-0.1, -0.05) is 0 Å².